The Balaban J connectivity index is 3.19. The van der Waals surface area contributed by atoms with Gasteiger partial charge in [0.1, 0.15) is 12.1 Å². The fourth-order valence-corrected chi connectivity index (χ4v) is 0.704. The first-order valence-corrected chi connectivity index (χ1v) is 3.46. The smallest absolute Gasteiger partial charge is 0.191 e. The molecule has 0 saturated heterocycles. The van der Waals surface area contributed by atoms with Crippen molar-refractivity contribution in [3.05, 3.63) is 11.4 Å². The molecule has 1 heterocycles. The Morgan fingerprint density at radius 3 is 1.83 bits per heavy atom. The lowest BCUT2D eigenvalue weighted by Crippen LogP contribution is -2.04. The van der Waals surface area contributed by atoms with Gasteiger partial charge < -0.3 is 0 Å². The third-order valence-electron chi connectivity index (χ3n) is 1.30. The van der Waals surface area contributed by atoms with E-state index in [4.69, 9.17) is 10.5 Å². The molecule has 0 N–H and O–H groups in total. The van der Waals surface area contributed by atoms with E-state index in [1.54, 1.807) is 12.1 Å². The van der Waals surface area contributed by atoms with Crippen LogP contribution in [-0.4, -0.2) is 15.0 Å². The second-order valence-electron chi connectivity index (χ2n) is 2.53. The number of hydrogen-bond acceptors (Lipinski definition) is 4. The van der Waals surface area contributed by atoms with Gasteiger partial charge in [0.15, 0.2) is 0 Å². The van der Waals surface area contributed by atoms with Crippen molar-refractivity contribution in [3.8, 4) is 12.1 Å². The molecule has 0 bridgehead atoms. The van der Waals surface area contributed by atoms with Crippen LogP contribution in [0, 0.1) is 22.7 Å². The monoisotopic (exact) mass is 161 g/mol. The van der Waals surface area contributed by atoms with Gasteiger partial charge in [0.2, 0.25) is 11.4 Å². The summed E-state index contributed by atoms with van der Waals surface area (Å²) >= 11 is 0. The molecule has 0 amide bonds. The molecule has 0 aliphatic heterocycles. The molecule has 0 radical (unpaired) electrons. The maximum atomic E-state index is 8.53. The maximum absolute atomic E-state index is 8.53. The highest BCUT2D eigenvalue weighted by molar-refractivity contribution is 5.33. The van der Waals surface area contributed by atoms with Crippen molar-refractivity contribution in [3.63, 3.8) is 0 Å². The van der Waals surface area contributed by atoms with E-state index < -0.39 is 0 Å². The van der Waals surface area contributed by atoms with Gasteiger partial charge in [-0.15, -0.1) is 10.2 Å². The zero-order chi connectivity index (χ0) is 9.14. The summed E-state index contributed by atoms with van der Waals surface area (Å²) in [5.41, 5.74) is 0.178. The van der Waals surface area contributed by atoms with Crippen molar-refractivity contribution in [2.75, 3.05) is 0 Å². The number of nitriles is 2. The lowest BCUT2D eigenvalue weighted by atomic mass is 10.4. The molecule has 5 heteroatoms. The second-order valence-corrected chi connectivity index (χ2v) is 2.53. The molecule has 1 rings (SSSR count). The normalized spacial score (nSPS) is 9.42. The van der Waals surface area contributed by atoms with Gasteiger partial charge in [0.05, 0.1) is 6.04 Å². The number of hydrogen-bond donors (Lipinski definition) is 0. The standard InChI is InChI=1S/C7H7N5/c1-5(2)12-10-6(3-8)7(4-9)11-12/h5H,1-2H3. The highest BCUT2D eigenvalue weighted by Crippen LogP contribution is 2.04. The topological polar surface area (TPSA) is 78.3 Å². The van der Waals surface area contributed by atoms with E-state index in [-0.39, 0.29) is 17.4 Å². The minimum Gasteiger partial charge on any atom is -0.191 e. The van der Waals surface area contributed by atoms with Gasteiger partial charge in [-0.3, -0.25) is 0 Å². The van der Waals surface area contributed by atoms with E-state index in [9.17, 15) is 0 Å². The molecule has 60 valence electrons. The van der Waals surface area contributed by atoms with Gasteiger partial charge in [-0.2, -0.15) is 15.3 Å². The van der Waals surface area contributed by atoms with Crippen molar-refractivity contribution >= 4 is 0 Å². The summed E-state index contributed by atoms with van der Waals surface area (Å²) < 4.78 is 0. The molecule has 0 fully saturated rings. The van der Waals surface area contributed by atoms with E-state index in [0.717, 1.165) is 0 Å². The third kappa shape index (κ3) is 1.25. The average molecular weight is 161 g/mol. The summed E-state index contributed by atoms with van der Waals surface area (Å²) in [7, 11) is 0. The van der Waals surface area contributed by atoms with Gasteiger partial charge in [-0.05, 0) is 13.8 Å². The first-order valence-electron chi connectivity index (χ1n) is 3.46. The summed E-state index contributed by atoms with van der Waals surface area (Å²) in [5.74, 6) is 0. The first-order chi connectivity index (χ1) is 5.69. The molecular formula is C7H7N5. The van der Waals surface area contributed by atoms with Crippen LogP contribution in [0.25, 0.3) is 0 Å². The SMILES string of the molecule is CC(C)n1nc(C#N)c(C#N)n1. The molecule has 0 atom stereocenters. The van der Waals surface area contributed by atoms with Crippen molar-refractivity contribution < 1.29 is 0 Å². The second kappa shape index (κ2) is 3.02. The summed E-state index contributed by atoms with van der Waals surface area (Å²) in [5, 5.41) is 24.7. The Morgan fingerprint density at radius 1 is 1.17 bits per heavy atom. The van der Waals surface area contributed by atoms with Crippen molar-refractivity contribution in [2.24, 2.45) is 0 Å². The van der Waals surface area contributed by atoms with Crippen molar-refractivity contribution in [2.45, 2.75) is 19.9 Å². The van der Waals surface area contributed by atoms with Crippen LogP contribution in [0.3, 0.4) is 0 Å². The Kier molecular flexibility index (Phi) is 2.07. The number of nitrogens with zero attached hydrogens (tertiary/aromatic N) is 5. The zero-order valence-electron chi connectivity index (χ0n) is 6.81. The van der Waals surface area contributed by atoms with Crippen LogP contribution in [0.2, 0.25) is 0 Å². The van der Waals surface area contributed by atoms with Crippen molar-refractivity contribution in [1.29, 1.82) is 10.5 Å². The van der Waals surface area contributed by atoms with E-state index in [2.05, 4.69) is 10.2 Å². The van der Waals surface area contributed by atoms with Crippen LogP contribution < -0.4 is 0 Å². The molecule has 0 unspecified atom stereocenters. The van der Waals surface area contributed by atoms with Crippen LogP contribution in [-0.2, 0) is 0 Å². The van der Waals surface area contributed by atoms with E-state index in [1.165, 1.54) is 4.80 Å². The van der Waals surface area contributed by atoms with E-state index in [0.29, 0.717) is 0 Å². The number of aromatic nitrogens is 3. The van der Waals surface area contributed by atoms with Crippen LogP contribution in [0.15, 0.2) is 0 Å². The molecule has 0 saturated carbocycles. The lowest BCUT2D eigenvalue weighted by molar-refractivity contribution is 0.464. The molecule has 0 aliphatic rings. The molecule has 0 aliphatic carbocycles. The molecule has 1 aromatic rings. The fraction of sp³-hybridized carbons (Fsp3) is 0.429. The van der Waals surface area contributed by atoms with E-state index >= 15 is 0 Å². The highest BCUT2D eigenvalue weighted by Gasteiger charge is 2.10. The van der Waals surface area contributed by atoms with Crippen LogP contribution in [0.4, 0.5) is 0 Å². The highest BCUT2D eigenvalue weighted by atomic mass is 15.5. The molecule has 1 aromatic heterocycles. The van der Waals surface area contributed by atoms with Gasteiger partial charge in [-0.25, -0.2) is 0 Å². The van der Waals surface area contributed by atoms with Crippen LogP contribution in [0.5, 0.6) is 0 Å². The molecule has 12 heavy (non-hydrogen) atoms. The van der Waals surface area contributed by atoms with Gasteiger partial charge >= 0.3 is 0 Å². The number of rotatable bonds is 1. The Labute approximate surface area is 69.8 Å². The van der Waals surface area contributed by atoms with Gasteiger partial charge in [0.25, 0.3) is 0 Å². The predicted molar refractivity (Wildman–Crippen MR) is 39.8 cm³/mol. The quantitative estimate of drug-likeness (QED) is 0.604. The Bertz CT molecular complexity index is 331. The van der Waals surface area contributed by atoms with Crippen LogP contribution in [0.1, 0.15) is 31.3 Å². The third-order valence-corrected chi connectivity index (χ3v) is 1.30. The van der Waals surface area contributed by atoms with Crippen molar-refractivity contribution in [1.82, 2.24) is 15.0 Å². The maximum Gasteiger partial charge on any atom is 0.200 e. The Hall–Kier alpha value is -1.88. The molecule has 0 aromatic carbocycles. The lowest BCUT2D eigenvalue weighted by Gasteiger charge is -1.99. The fourth-order valence-electron chi connectivity index (χ4n) is 0.704. The average Bonchev–Trinajstić information content (AvgIpc) is 2.46. The minimum atomic E-state index is 0.0687. The zero-order valence-corrected chi connectivity index (χ0v) is 6.81. The minimum absolute atomic E-state index is 0.0687. The predicted octanol–water partition coefficient (Wildman–Crippen LogP) is 0.602. The van der Waals surface area contributed by atoms with Gasteiger partial charge in [-0.1, -0.05) is 0 Å². The molecule has 5 nitrogen and oxygen atoms in total. The van der Waals surface area contributed by atoms with Gasteiger partial charge in [0, 0.05) is 0 Å². The molecular weight excluding hydrogens is 154 g/mol. The van der Waals surface area contributed by atoms with Crippen LogP contribution >= 0.6 is 0 Å². The molecule has 0 spiro atoms. The summed E-state index contributed by atoms with van der Waals surface area (Å²) in [6, 6.07) is 3.68. The summed E-state index contributed by atoms with van der Waals surface area (Å²) in [6.07, 6.45) is 0. The largest absolute Gasteiger partial charge is 0.200 e. The first kappa shape index (κ1) is 8.22. The summed E-state index contributed by atoms with van der Waals surface area (Å²) in [4.78, 5) is 1.36. The summed E-state index contributed by atoms with van der Waals surface area (Å²) in [6.45, 7) is 3.75. The van der Waals surface area contributed by atoms with E-state index in [1.807, 2.05) is 13.8 Å². The Morgan fingerprint density at radius 2 is 1.58 bits per heavy atom.